The Bertz CT molecular complexity index is 390. The zero-order valence-electron chi connectivity index (χ0n) is 13.9. The third-order valence-corrected chi connectivity index (χ3v) is 4.30. The van der Waals surface area contributed by atoms with Crippen LogP contribution in [0.5, 0.6) is 0 Å². The third-order valence-electron chi connectivity index (χ3n) is 4.30. The van der Waals surface area contributed by atoms with Gasteiger partial charge in [0.15, 0.2) is 0 Å². The molecule has 20 heavy (non-hydrogen) atoms. The Hall–Kier alpha value is -1.04. The second-order valence-electron chi connectivity index (χ2n) is 6.64. The summed E-state index contributed by atoms with van der Waals surface area (Å²) in [4.78, 5) is 0. The van der Waals surface area contributed by atoms with Gasteiger partial charge < -0.3 is 0 Å². The molecule has 0 nitrogen and oxygen atoms in total. The second-order valence-corrected chi connectivity index (χ2v) is 6.64. The van der Waals surface area contributed by atoms with Crippen molar-refractivity contribution in [2.24, 2.45) is 11.8 Å². The normalized spacial score (nSPS) is 30.1. The van der Waals surface area contributed by atoms with Gasteiger partial charge in [-0.15, -0.1) is 0 Å². The SMILES string of the molecule is C=C1/C=C/[C@H](C(C)C)CC/C(C)=C\CC/C(C)=C\CC1. The van der Waals surface area contributed by atoms with Crippen molar-refractivity contribution < 1.29 is 0 Å². The molecule has 1 aliphatic rings. The van der Waals surface area contributed by atoms with E-state index >= 15 is 0 Å². The monoisotopic (exact) mass is 272 g/mol. The van der Waals surface area contributed by atoms with Crippen LogP contribution in [0.3, 0.4) is 0 Å². The molecule has 0 heteroatoms. The molecule has 1 aliphatic carbocycles. The van der Waals surface area contributed by atoms with E-state index in [2.05, 4.69) is 58.6 Å². The first kappa shape index (κ1) is 17.0. The lowest BCUT2D eigenvalue weighted by atomic mass is 9.88. The molecule has 0 heterocycles. The van der Waals surface area contributed by atoms with Crippen LogP contribution >= 0.6 is 0 Å². The van der Waals surface area contributed by atoms with Crippen molar-refractivity contribution in [3.63, 3.8) is 0 Å². The van der Waals surface area contributed by atoms with Crippen molar-refractivity contribution in [1.82, 2.24) is 0 Å². The van der Waals surface area contributed by atoms with Gasteiger partial charge in [-0.25, -0.2) is 0 Å². The molecule has 0 spiro atoms. The molecule has 0 aliphatic heterocycles. The Kier molecular flexibility index (Phi) is 7.65. The molecule has 0 radical (unpaired) electrons. The van der Waals surface area contributed by atoms with Gasteiger partial charge in [-0.2, -0.15) is 0 Å². The molecule has 0 amide bonds. The molecule has 1 rings (SSSR count). The van der Waals surface area contributed by atoms with Crippen LogP contribution in [0.2, 0.25) is 0 Å². The average molecular weight is 272 g/mol. The zero-order chi connectivity index (χ0) is 15.0. The zero-order valence-corrected chi connectivity index (χ0v) is 13.9. The molecular formula is C20H32. The summed E-state index contributed by atoms with van der Waals surface area (Å²) in [6.07, 6.45) is 16.6. The summed E-state index contributed by atoms with van der Waals surface area (Å²) in [5, 5.41) is 0. The molecule has 0 fully saturated rings. The van der Waals surface area contributed by atoms with E-state index in [1.54, 1.807) is 5.57 Å². The van der Waals surface area contributed by atoms with E-state index in [4.69, 9.17) is 0 Å². The minimum atomic E-state index is 0.676. The topological polar surface area (TPSA) is 0 Å². The molecule has 0 saturated carbocycles. The highest BCUT2D eigenvalue weighted by Gasteiger charge is 2.10. The van der Waals surface area contributed by atoms with E-state index in [1.165, 1.54) is 36.8 Å². The Morgan fingerprint density at radius 1 is 1.00 bits per heavy atom. The first-order chi connectivity index (χ1) is 9.49. The predicted octanol–water partition coefficient (Wildman–Crippen LogP) is 6.62. The highest BCUT2D eigenvalue weighted by atomic mass is 14.2. The standard InChI is InChI=1S/C20H32/c1-16(2)20-14-12-18(4)10-6-8-17(3)9-7-11-19(5)13-15-20/h8,11-12,14,16,20H,4,6-7,9-10,13,15H2,1-3,5H3/b14-12+,17-8-,19-11-/t20-/m0/s1. The Labute approximate surface area is 126 Å². The average Bonchev–Trinajstić information content (AvgIpc) is 2.37. The minimum absolute atomic E-state index is 0.676. The van der Waals surface area contributed by atoms with Gasteiger partial charge in [0.25, 0.3) is 0 Å². The van der Waals surface area contributed by atoms with E-state index in [1.807, 2.05) is 0 Å². The molecule has 1 atom stereocenters. The fraction of sp³-hybridized carbons (Fsp3) is 0.600. The maximum Gasteiger partial charge on any atom is -0.0204 e. The molecule has 0 saturated heterocycles. The maximum absolute atomic E-state index is 4.19. The number of rotatable bonds is 1. The molecule has 112 valence electrons. The van der Waals surface area contributed by atoms with E-state index in [0.717, 1.165) is 12.8 Å². The van der Waals surface area contributed by atoms with Crippen molar-refractivity contribution in [2.75, 3.05) is 0 Å². The molecule has 0 aromatic carbocycles. The largest absolute Gasteiger partial charge is 0.0958 e. The highest BCUT2D eigenvalue weighted by Crippen LogP contribution is 2.23. The van der Waals surface area contributed by atoms with Crippen molar-refractivity contribution in [3.05, 3.63) is 47.6 Å². The maximum atomic E-state index is 4.19. The van der Waals surface area contributed by atoms with Crippen molar-refractivity contribution in [3.8, 4) is 0 Å². The Morgan fingerprint density at radius 2 is 1.60 bits per heavy atom. The molecule has 0 aromatic rings. The summed E-state index contributed by atoms with van der Waals surface area (Å²) in [6.45, 7) is 13.4. The molecule has 0 N–H and O–H groups in total. The molecule has 0 bridgehead atoms. The smallest absolute Gasteiger partial charge is 0.0204 e. The Morgan fingerprint density at radius 3 is 2.25 bits per heavy atom. The summed E-state index contributed by atoms with van der Waals surface area (Å²) in [7, 11) is 0. The number of hydrogen-bond donors (Lipinski definition) is 0. The third kappa shape index (κ3) is 6.93. The molecule has 0 unspecified atom stereocenters. The first-order valence-electron chi connectivity index (χ1n) is 8.16. The van der Waals surface area contributed by atoms with Crippen molar-refractivity contribution in [2.45, 2.75) is 66.2 Å². The van der Waals surface area contributed by atoms with Crippen LogP contribution in [0.1, 0.15) is 66.2 Å². The lowest BCUT2D eigenvalue weighted by molar-refractivity contribution is 0.435. The van der Waals surface area contributed by atoms with Crippen LogP contribution in [0, 0.1) is 11.8 Å². The quantitative estimate of drug-likeness (QED) is 0.471. The number of allylic oxidation sites excluding steroid dienone is 7. The predicted molar refractivity (Wildman–Crippen MR) is 91.8 cm³/mol. The molecular weight excluding hydrogens is 240 g/mol. The van der Waals surface area contributed by atoms with Crippen LogP contribution in [0.4, 0.5) is 0 Å². The first-order valence-corrected chi connectivity index (χ1v) is 8.16. The van der Waals surface area contributed by atoms with E-state index in [-0.39, 0.29) is 0 Å². The van der Waals surface area contributed by atoms with Gasteiger partial charge in [-0.3, -0.25) is 0 Å². The minimum Gasteiger partial charge on any atom is -0.0958 e. The van der Waals surface area contributed by atoms with Crippen molar-refractivity contribution in [1.29, 1.82) is 0 Å². The van der Waals surface area contributed by atoms with Gasteiger partial charge in [-0.05, 0) is 64.2 Å². The molecule has 0 aromatic heterocycles. The van der Waals surface area contributed by atoms with E-state index in [0.29, 0.717) is 11.8 Å². The van der Waals surface area contributed by atoms with E-state index in [9.17, 15) is 0 Å². The van der Waals surface area contributed by atoms with Crippen molar-refractivity contribution >= 4 is 0 Å². The highest BCUT2D eigenvalue weighted by molar-refractivity contribution is 5.17. The van der Waals surface area contributed by atoms with Gasteiger partial charge in [0.2, 0.25) is 0 Å². The summed E-state index contributed by atoms with van der Waals surface area (Å²) >= 11 is 0. The van der Waals surface area contributed by atoms with Crippen LogP contribution < -0.4 is 0 Å². The lowest BCUT2D eigenvalue weighted by Crippen LogP contribution is -2.06. The second kappa shape index (κ2) is 9.00. The fourth-order valence-electron chi connectivity index (χ4n) is 2.64. The summed E-state index contributed by atoms with van der Waals surface area (Å²) in [5.74, 6) is 1.39. The number of hydrogen-bond acceptors (Lipinski definition) is 0. The Balaban J connectivity index is 2.78. The van der Waals surface area contributed by atoms with Gasteiger partial charge in [0.05, 0.1) is 0 Å². The van der Waals surface area contributed by atoms with E-state index < -0.39 is 0 Å². The summed E-state index contributed by atoms with van der Waals surface area (Å²) < 4.78 is 0. The van der Waals surface area contributed by atoms with Gasteiger partial charge in [-0.1, -0.05) is 61.4 Å². The van der Waals surface area contributed by atoms with Crippen LogP contribution in [-0.2, 0) is 0 Å². The van der Waals surface area contributed by atoms with Crippen LogP contribution in [0.15, 0.2) is 47.6 Å². The van der Waals surface area contributed by atoms with Crippen LogP contribution in [-0.4, -0.2) is 0 Å². The summed E-state index contributed by atoms with van der Waals surface area (Å²) in [6, 6.07) is 0. The fourth-order valence-corrected chi connectivity index (χ4v) is 2.64. The van der Waals surface area contributed by atoms with Gasteiger partial charge in [0, 0.05) is 0 Å². The van der Waals surface area contributed by atoms with Gasteiger partial charge >= 0.3 is 0 Å². The summed E-state index contributed by atoms with van der Waals surface area (Å²) in [5.41, 5.74) is 4.33. The lowest BCUT2D eigenvalue weighted by Gasteiger charge is -2.17. The van der Waals surface area contributed by atoms with Crippen LogP contribution in [0.25, 0.3) is 0 Å². The van der Waals surface area contributed by atoms with Gasteiger partial charge in [0.1, 0.15) is 0 Å².